The summed E-state index contributed by atoms with van der Waals surface area (Å²) in [7, 11) is 8.04. The standard InChI is InChI=1S/C25H26N2O5/c1-28-16-7-8-17-19(13-16)27-24(14-6-9-20(29-2)18(26)10-14)23(17)15-11-21(30-3)25(32-5)22(12-15)31-4/h6-13,27H,26H2,1-5H3. The number of fused-ring (bicyclic) bond motifs is 1. The first-order valence-electron chi connectivity index (χ1n) is 9.98. The first-order valence-corrected chi connectivity index (χ1v) is 9.98. The number of hydrogen-bond donors (Lipinski definition) is 2. The molecule has 0 saturated heterocycles. The fourth-order valence-corrected chi connectivity index (χ4v) is 3.94. The molecule has 7 nitrogen and oxygen atoms in total. The predicted molar refractivity (Wildman–Crippen MR) is 126 cm³/mol. The van der Waals surface area contributed by atoms with Crippen LogP contribution in [0.1, 0.15) is 0 Å². The van der Waals surface area contributed by atoms with Crippen molar-refractivity contribution in [3.63, 3.8) is 0 Å². The van der Waals surface area contributed by atoms with Gasteiger partial charge in [0.1, 0.15) is 11.5 Å². The Kier molecular flexibility index (Phi) is 5.73. The Morgan fingerprint density at radius 3 is 1.91 bits per heavy atom. The Bertz CT molecular complexity index is 1250. The zero-order chi connectivity index (χ0) is 22.8. The molecule has 0 radical (unpaired) electrons. The molecule has 0 unspecified atom stereocenters. The van der Waals surface area contributed by atoms with Crippen molar-refractivity contribution in [2.24, 2.45) is 0 Å². The van der Waals surface area contributed by atoms with Gasteiger partial charge in [-0.25, -0.2) is 0 Å². The third-order valence-corrected chi connectivity index (χ3v) is 5.48. The lowest BCUT2D eigenvalue weighted by atomic mass is 9.97. The third kappa shape index (κ3) is 3.51. The number of H-pyrrole nitrogens is 1. The van der Waals surface area contributed by atoms with E-state index in [0.717, 1.165) is 39.0 Å². The fourth-order valence-electron chi connectivity index (χ4n) is 3.94. The minimum Gasteiger partial charge on any atom is -0.497 e. The SMILES string of the molecule is COc1ccc2c(-c3cc(OC)c(OC)c(OC)c3)c(-c3ccc(OC)c(N)c3)[nH]c2c1. The second-order valence-corrected chi connectivity index (χ2v) is 7.16. The van der Waals surface area contributed by atoms with E-state index in [1.54, 1.807) is 35.5 Å². The maximum Gasteiger partial charge on any atom is 0.203 e. The normalized spacial score (nSPS) is 10.8. The molecule has 32 heavy (non-hydrogen) atoms. The summed E-state index contributed by atoms with van der Waals surface area (Å²) >= 11 is 0. The van der Waals surface area contributed by atoms with Gasteiger partial charge in [-0.1, -0.05) is 0 Å². The number of nitrogens with two attached hydrogens (primary N) is 1. The number of nitrogen functional groups attached to an aromatic ring is 1. The van der Waals surface area contributed by atoms with Crippen LogP contribution < -0.4 is 29.4 Å². The number of methoxy groups -OCH3 is 5. The third-order valence-electron chi connectivity index (χ3n) is 5.48. The Labute approximate surface area is 186 Å². The van der Waals surface area contributed by atoms with Crippen LogP contribution in [-0.2, 0) is 0 Å². The molecule has 0 bridgehead atoms. The molecule has 0 atom stereocenters. The fraction of sp³-hybridized carbons (Fsp3) is 0.200. The second kappa shape index (κ2) is 8.63. The van der Waals surface area contributed by atoms with Crippen molar-refractivity contribution in [2.75, 3.05) is 41.3 Å². The monoisotopic (exact) mass is 434 g/mol. The van der Waals surface area contributed by atoms with Crippen molar-refractivity contribution in [3.8, 4) is 51.1 Å². The smallest absolute Gasteiger partial charge is 0.203 e. The zero-order valence-electron chi connectivity index (χ0n) is 18.7. The van der Waals surface area contributed by atoms with E-state index >= 15 is 0 Å². The van der Waals surface area contributed by atoms with Crippen LogP contribution in [0.15, 0.2) is 48.5 Å². The molecule has 3 aromatic carbocycles. The molecule has 0 saturated carbocycles. The van der Waals surface area contributed by atoms with Crippen LogP contribution in [0.3, 0.4) is 0 Å². The number of anilines is 1. The van der Waals surface area contributed by atoms with Crippen LogP contribution >= 0.6 is 0 Å². The minimum absolute atomic E-state index is 0.538. The lowest BCUT2D eigenvalue weighted by Crippen LogP contribution is -1.96. The van der Waals surface area contributed by atoms with Crippen LogP contribution in [0.25, 0.3) is 33.3 Å². The first-order chi connectivity index (χ1) is 15.5. The van der Waals surface area contributed by atoms with Crippen molar-refractivity contribution in [2.45, 2.75) is 0 Å². The Morgan fingerprint density at radius 2 is 1.34 bits per heavy atom. The highest BCUT2D eigenvalue weighted by Crippen LogP contribution is 2.46. The average molecular weight is 434 g/mol. The van der Waals surface area contributed by atoms with E-state index in [1.165, 1.54) is 0 Å². The largest absolute Gasteiger partial charge is 0.497 e. The molecule has 7 heteroatoms. The van der Waals surface area contributed by atoms with Gasteiger partial charge in [0.05, 0.1) is 52.4 Å². The summed E-state index contributed by atoms with van der Waals surface area (Å²) in [5.74, 6) is 3.07. The minimum atomic E-state index is 0.538. The molecule has 1 aromatic heterocycles. The molecule has 3 N–H and O–H groups in total. The van der Waals surface area contributed by atoms with Crippen LogP contribution in [0.5, 0.6) is 28.7 Å². The highest BCUT2D eigenvalue weighted by atomic mass is 16.5. The van der Waals surface area contributed by atoms with E-state index in [0.29, 0.717) is 28.7 Å². The highest BCUT2D eigenvalue weighted by Gasteiger charge is 2.21. The number of rotatable bonds is 7. The van der Waals surface area contributed by atoms with E-state index in [-0.39, 0.29) is 0 Å². The van der Waals surface area contributed by atoms with Gasteiger partial charge in [0.2, 0.25) is 5.75 Å². The molecule has 0 amide bonds. The lowest BCUT2D eigenvalue weighted by molar-refractivity contribution is 0.324. The van der Waals surface area contributed by atoms with E-state index < -0.39 is 0 Å². The van der Waals surface area contributed by atoms with Gasteiger partial charge in [-0.2, -0.15) is 0 Å². The van der Waals surface area contributed by atoms with Crippen LogP contribution in [0.4, 0.5) is 5.69 Å². The summed E-state index contributed by atoms with van der Waals surface area (Å²) in [6.45, 7) is 0. The van der Waals surface area contributed by atoms with Crippen molar-refractivity contribution in [1.82, 2.24) is 4.98 Å². The van der Waals surface area contributed by atoms with Crippen LogP contribution in [-0.4, -0.2) is 40.5 Å². The Hall–Kier alpha value is -4.00. The number of benzene rings is 3. The number of aromatic nitrogens is 1. The maximum atomic E-state index is 6.21. The number of nitrogens with one attached hydrogen (secondary N) is 1. The Morgan fingerprint density at radius 1 is 0.656 bits per heavy atom. The molecule has 4 aromatic rings. The summed E-state index contributed by atoms with van der Waals surface area (Å²) in [4.78, 5) is 3.53. The molecular weight excluding hydrogens is 408 g/mol. The predicted octanol–water partition coefficient (Wildman–Crippen LogP) is 5.13. The highest BCUT2D eigenvalue weighted by molar-refractivity contribution is 6.05. The summed E-state index contributed by atoms with van der Waals surface area (Å²) < 4.78 is 27.4. The average Bonchev–Trinajstić information content (AvgIpc) is 3.21. The van der Waals surface area contributed by atoms with E-state index in [9.17, 15) is 0 Å². The van der Waals surface area contributed by atoms with Gasteiger partial charge in [0.25, 0.3) is 0 Å². The van der Waals surface area contributed by atoms with Gasteiger partial charge >= 0.3 is 0 Å². The molecule has 0 fully saturated rings. The first kappa shape index (κ1) is 21.2. The summed E-state index contributed by atoms with van der Waals surface area (Å²) in [5.41, 5.74) is 11.4. The lowest BCUT2D eigenvalue weighted by Gasteiger charge is -2.15. The van der Waals surface area contributed by atoms with Gasteiger partial charge < -0.3 is 34.4 Å². The van der Waals surface area contributed by atoms with Gasteiger partial charge in [0.15, 0.2) is 11.5 Å². The quantitative estimate of drug-likeness (QED) is 0.392. The second-order valence-electron chi connectivity index (χ2n) is 7.16. The van der Waals surface area contributed by atoms with Crippen molar-refractivity contribution in [3.05, 3.63) is 48.5 Å². The van der Waals surface area contributed by atoms with Gasteiger partial charge in [-0.05, 0) is 48.0 Å². The van der Waals surface area contributed by atoms with E-state index in [2.05, 4.69) is 4.98 Å². The van der Waals surface area contributed by atoms with E-state index in [1.807, 2.05) is 48.5 Å². The zero-order valence-corrected chi connectivity index (χ0v) is 18.7. The van der Waals surface area contributed by atoms with Crippen molar-refractivity contribution in [1.29, 1.82) is 0 Å². The molecule has 4 rings (SSSR count). The maximum absolute atomic E-state index is 6.21. The number of ether oxygens (including phenoxy) is 5. The van der Waals surface area contributed by atoms with Crippen molar-refractivity contribution < 1.29 is 23.7 Å². The number of aromatic amines is 1. The molecular formula is C25H26N2O5. The molecule has 166 valence electrons. The van der Waals surface area contributed by atoms with Gasteiger partial charge in [0, 0.05) is 22.6 Å². The van der Waals surface area contributed by atoms with Crippen LogP contribution in [0, 0.1) is 0 Å². The number of hydrogen-bond acceptors (Lipinski definition) is 6. The molecule has 0 aliphatic carbocycles. The van der Waals surface area contributed by atoms with Crippen LogP contribution in [0.2, 0.25) is 0 Å². The molecule has 0 aliphatic heterocycles. The molecule has 0 spiro atoms. The van der Waals surface area contributed by atoms with Gasteiger partial charge in [-0.3, -0.25) is 0 Å². The van der Waals surface area contributed by atoms with E-state index in [4.69, 9.17) is 29.4 Å². The summed E-state index contributed by atoms with van der Waals surface area (Å²) in [6, 6.07) is 15.5. The topological polar surface area (TPSA) is 88.0 Å². The molecule has 0 aliphatic rings. The van der Waals surface area contributed by atoms with Crippen molar-refractivity contribution >= 4 is 16.6 Å². The molecule has 1 heterocycles. The summed E-state index contributed by atoms with van der Waals surface area (Å²) in [6.07, 6.45) is 0. The summed E-state index contributed by atoms with van der Waals surface area (Å²) in [5, 5.41) is 1.02. The Balaban J connectivity index is 2.04. The van der Waals surface area contributed by atoms with Gasteiger partial charge in [-0.15, -0.1) is 0 Å².